The fraction of sp³-hybridized carbons (Fsp3) is 0.286. The van der Waals surface area contributed by atoms with Crippen molar-refractivity contribution >= 4 is 29.1 Å². The first-order valence-electron chi connectivity index (χ1n) is 8.89. The number of amides is 2. The van der Waals surface area contributed by atoms with Gasteiger partial charge in [0.1, 0.15) is 11.2 Å². The summed E-state index contributed by atoms with van der Waals surface area (Å²) in [4.78, 5) is 29.0. The molecule has 28 heavy (non-hydrogen) atoms. The highest BCUT2D eigenvalue weighted by atomic mass is 35.5. The minimum atomic E-state index is -0.736. The van der Waals surface area contributed by atoms with E-state index in [-0.39, 0.29) is 23.9 Å². The van der Waals surface area contributed by atoms with Crippen molar-refractivity contribution in [1.82, 2.24) is 10.3 Å². The number of pyridine rings is 1. The predicted octanol–water partition coefficient (Wildman–Crippen LogP) is 2.83. The Morgan fingerprint density at radius 2 is 2.00 bits per heavy atom. The van der Waals surface area contributed by atoms with Crippen LogP contribution in [0.15, 0.2) is 42.6 Å². The molecule has 1 fully saturated rings. The molecule has 1 aromatic carbocycles. The third-order valence-corrected chi connectivity index (χ3v) is 4.93. The van der Waals surface area contributed by atoms with Crippen LogP contribution < -0.4 is 10.6 Å². The van der Waals surface area contributed by atoms with Gasteiger partial charge in [0.25, 0.3) is 5.91 Å². The van der Waals surface area contributed by atoms with Gasteiger partial charge >= 0.3 is 0 Å². The van der Waals surface area contributed by atoms with Crippen molar-refractivity contribution in [3.8, 4) is 12.3 Å². The van der Waals surface area contributed by atoms with E-state index in [0.717, 1.165) is 5.56 Å². The number of benzene rings is 1. The van der Waals surface area contributed by atoms with E-state index in [2.05, 4.69) is 21.5 Å². The minimum absolute atomic E-state index is 0.129. The Bertz CT molecular complexity index is 917. The summed E-state index contributed by atoms with van der Waals surface area (Å²) < 4.78 is 5.31. The Kier molecular flexibility index (Phi) is 6.30. The predicted molar refractivity (Wildman–Crippen MR) is 107 cm³/mol. The summed E-state index contributed by atoms with van der Waals surface area (Å²) >= 11 is 6.09. The topological polar surface area (TPSA) is 80.3 Å². The first kappa shape index (κ1) is 19.9. The Labute approximate surface area is 168 Å². The van der Waals surface area contributed by atoms with Crippen LogP contribution in [-0.2, 0) is 16.0 Å². The minimum Gasteiger partial charge on any atom is -0.381 e. The maximum absolute atomic E-state index is 12.6. The van der Waals surface area contributed by atoms with Gasteiger partial charge in [-0.3, -0.25) is 14.6 Å². The summed E-state index contributed by atoms with van der Waals surface area (Å²) in [6.45, 7) is 0.992. The van der Waals surface area contributed by atoms with Crippen LogP contribution in [-0.4, -0.2) is 35.6 Å². The van der Waals surface area contributed by atoms with E-state index in [0.29, 0.717) is 36.8 Å². The molecule has 144 valence electrons. The first-order chi connectivity index (χ1) is 13.5. The molecule has 6 nitrogen and oxygen atoms in total. The number of nitrogens with one attached hydrogen (secondary N) is 2. The summed E-state index contributed by atoms with van der Waals surface area (Å²) in [5.41, 5.74) is 0.639. The van der Waals surface area contributed by atoms with E-state index in [1.54, 1.807) is 24.3 Å². The molecule has 0 unspecified atom stereocenters. The molecular formula is C21H20ClN3O3. The van der Waals surface area contributed by atoms with Crippen molar-refractivity contribution in [1.29, 1.82) is 0 Å². The van der Waals surface area contributed by atoms with Crippen molar-refractivity contribution in [2.75, 3.05) is 18.5 Å². The highest BCUT2D eigenvalue weighted by molar-refractivity contribution is 6.31. The second-order valence-electron chi connectivity index (χ2n) is 6.54. The van der Waals surface area contributed by atoms with Gasteiger partial charge in [-0.1, -0.05) is 35.7 Å². The second-order valence-corrected chi connectivity index (χ2v) is 6.95. The number of rotatable bonds is 5. The lowest BCUT2D eigenvalue weighted by molar-refractivity contribution is -0.115. The number of terminal acetylenes is 1. The lowest BCUT2D eigenvalue weighted by atomic mass is 9.91. The SMILES string of the molecule is C#CC1(NC(=O)c2cc(NC(=O)Cc3ccccc3Cl)ccn2)CCOCC1. The van der Waals surface area contributed by atoms with Crippen LogP contribution in [0.1, 0.15) is 28.9 Å². The van der Waals surface area contributed by atoms with E-state index >= 15 is 0 Å². The van der Waals surface area contributed by atoms with Crippen LogP contribution in [0.5, 0.6) is 0 Å². The lowest BCUT2D eigenvalue weighted by Crippen LogP contribution is -2.51. The average molecular weight is 398 g/mol. The first-order valence-corrected chi connectivity index (χ1v) is 9.26. The molecule has 0 spiro atoms. The van der Waals surface area contributed by atoms with Gasteiger partial charge in [0.15, 0.2) is 0 Å². The largest absolute Gasteiger partial charge is 0.381 e. The average Bonchev–Trinajstić information content (AvgIpc) is 2.70. The maximum atomic E-state index is 12.6. The third-order valence-electron chi connectivity index (χ3n) is 4.56. The van der Waals surface area contributed by atoms with Crippen molar-refractivity contribution < 1.29 is 14.3 Å². The van der Waals surface area contributed by atoms with Crippen LogP contribution in [0.3, 0.4) is 0 Å². The third kappa shape index (κ3) is 4.89. The summed E-state index contributed by atoms with van der Waals surface area (Å²) in [6, 6.07) is 10.3. The quantitative estimate of drug-likeness (QED) is 0.760. The van der Waals surface area contributed by atoms with Gasteiger partial charge in [-0.05, 0) is 23.8 Å². The van der Waals surface area contributed by atoms with Crippen LogP contribution in [0, 0.1) is 12.3 Å². The van der Waals surface area contributed by atoms with Crippen LogP contribution >= 0.6 is 11.6 Å². The molecule has 0 radical (unpaired) electrons. The molecule has 2 heterocycles. The van der Waals surface area contributed by atoms with Crippen LogP contribution in [0.2, 0.25) is 5.02 Å². The van der Waals surface area contributed by atoms with Crippen molar-refractivity contribution in [3.63, 3.8) is 0 Å². The lowest BCUT2D eigenvalue weighted by Gasteiger charge is -2.33. The van der Waals surface area contributed by atoms with Crippen molar-refractivity contribution in [2.24, 2.45) is 0 Å². The number of ether oxygens (including phenoxy) is 1. The van der Waals surface area contributed by atoms with E-state index in [1.165, 1.54) is 12.3 Å². The molecule has 2 amide bonds. The number of carbonyl (C=O) groups is 2. The molecule has 0 saturated carbocycles. The van der Waals surface area contributed by atoms with Crippen LogP contribution in [0.4, 0.5) is 5.69 Å². The molecule has 0 aliphatic carbocycles. The number of anilines is 1. The highest BCUT2D eigenvalue weighted by Gasteiger charge is 2.32. The Hall–Kier alpha value is -2.88. The fourth-order valence-electron chi connectivity index (χ4n) is 2.96. The van der Waals surface area contributed by atoms with Gasteiger partial charge in [-0.15, -0.1) is 6.42 Å². The monoisotopic (exact) mass is 397 g/mol. The Balaban J connectivity index is 1.66. The van der Waals surface area contributed by atoms with E-state index in [1.807, 2.05) is 6.07 Å². The van der Waals surface area contributed by atoms with Crippen LogP contribution in [0.25, 0.3) is 0 Å². The van der Waals surface area contributed by atoms with Gasteiger partial charge in [0.2, 0.25) is 5.91 Å². The zero-order valence-corrected chi connectivity index (χ0v) is 16.0. The molecule has 2 N–H and O–H groups in total. The normalized spacial score (nSPS) is 15.3. The molecule has 1 aromatic heterocycles. The zero-order valence-electron chi connectivity index (χ0n) is 15.2. The number of hydrogen-bond donors (Lipinski definition) is 2. The van der Waals surface area contributed by atoms with E-state index < -0.39 is 5.54 Å². The molecular weight excluding hydrogens is 378 g/mol. The highest BCUT2D eigenvalue weighted by Crippen LogP contribution is 2.21. The van der Waals surface area contributed by atoms with Crippen molar-refractivity contribution in [3.05, 3.63) is 58.9 Å². The molecule has 0 bridgehead atoms. The molecule has 2 aromatic rings. The summed E-state index contributed by atoms with van der Waals surface area (Å²) in [6.07, 6.45) is 8.32. The Morgan fingerprint density at radius 1 is 1.25 bits per heavy atom. The Morgan fingerprint density at radius 3 is 2.71 bits per heavy atom. The van der Waals surface area contributed by atoms with E-state index in [9.17, 15) is 9.59 Å². The standard InChI is InChI=1S/C21H20ClN3O3/c1-2-21(8-11-28-12-9-21)25-20(27)18-14-16(7-10-23-18)24-19(26)13-15-5-3-4-6-17(15)22/h1,3-7,10,14H,8-9,11-13H2,(H,25,27)(H,23,24,26). The smallest absolute Gasteiger partial charge is 0.271 e. The number of nitrogens with zero attached hydrogens (tertiary/aromatic N) is 1. The van der Waals surface area contributed by atoms with Gasteiger partial charge in [-0.2, -0.15) is 0 Å². The van der Waals surface area contributed by atoms with Gasteiger partial charge in [-0.25, -0.2) is 0 Å². The summed E-state index contributed by atoms with van der Waals surface area (Å²) in [7, 11) is 0. The number of carbonyl (C=O) groups excluding carboxylic acids is 2. The molecule has 1 aliphatic rings. The zero-order chi connectivity index (χ0) is 20.0. The fourth-order valence-corrected chi connectivity index (χ4v) is 3.16. The summed E-state index contributed by atoms with van der Waals surface area (Å²) in [5, 5.41) is 6.17. The molecule has 3 rings (SSSR count). The molecule has 1 saturated heterocycles. The summed E-state index contributed by atoms with van der Waals surface area (Å²) in [5.74, 6) is 2.05. The maximum Gasteiger partial charge on any atom is 0.271 e. The number of hydrogen-bond acceptors (Lipinski definition) is 4. The molecule has 1 aliphatic heterocycles. The van der Waals surface area contributed by atoms with Gasteiger partial charge in [0.05, 0.1) is 6.42 Å². The van der Waals surface area contributed by atoms with Crippen molar-refractivity contribution in [2.45, 2.75) is 24.8 Å². The molecule has 7 heteroatoms. The number of aromatic nitrogens is 1. The number of halogens is 1. The van der Waals surface area contributed by atoms with E-state index in [4.69, 9.17) is 22.8 Å². The van der Waals surface area contributed by atoms with Gasteiger partial charge < -0.3 is 15.4 Å². The molecule has 0 atom stereocenters. The second kappa shape index (κ2) is 8.87. The van der Waals surface area contributed by atoms with Gasteiger partial charge in [0, 0.05) is 43.0 Å².